The van der Waals surface area contributed by atoms with Gasteiger partial charge in [0.15, 0.2) is 0 Å². The molecule has 0 spiro atoms. The summed E-state index contributed by atoms with van der Waals surface area (Å²) in [6.45, 7) is 0. The maximum absolute atomic E-state index is 13.1. The zero-order valence-electron chi connectivity index (χ0n) is 13.4. The molecule has 4 rings (SSSR count). The molecule has 0 radical (unpaired) electrons. The normalized spacial score (nSPS) is 10.8. The standard InChI is InChI=1S/C20H12ClNO3S/c21-13-8-9-15-14(11-13)18(23)17(12-5-2-1-3-6-12)20(25-15)22-19(24)16-7-4-10-26-16/h1-11H,(H,22,24). The summed E-state index contributed by atoms with van der Waals surface area (Å²) in [5.41, 5.74) is 1.07. The van der Waals surface area contributed by atoms with Crippen LogP contribution in [0.5, 0.6) is 0 Å². The fraction of sp³-hybridized carbons (Fsp3) is 0. The van der Waals surface area contributed by atoms with Gasteiger partial charge in [0.2, 0.25) is 11.3 Å². The Morgan fingerprint density at radius 3 is 2.58 bits per heavy atom. The van der Waals surface area contributed by atoms with Gasteiger partial charge in [0.1, 0.15) is 5.58 Å². The molecule has 2 heterocycles. The first-order chi connectivity index (χ1) is 12.6. The molecule has 4 nitrogen and oxygen atoms in total. The Bertz CT molecular complexity index is 1150. The zero-order chi connectivity index (χ0) is 18.1. The number of carbonyl (C=O) groups excluding carboxylic acids is 1. The Morgan fingerprint density at radius 2 is 1.85 bits per heavy atom. The van der Waals surface area contributed by atoms with Gasteiger partial charge in [-0.25, -0.2) is 0 Å². The monoisotopic (exact) mass is 381 g/mol. The first-order valence-corrected chi connectivity index (χ1v) is 9.06. The summed E-state index contributed by atoms with van der Waals surface area (Å²) in [5, 5.41) is 5.35. The fourth-order valence-corrected chi connectivity index (χ4v) is 3.49. The van der Waals surface area contributed by atoms with E-state index < -0.39 is 0 Å². The minimum Gasteiger partial charge on any atom is -0.439 e. The Balaban J connectivity index is 1.94. The van der Waals surface area contributed by atoms with E-state index in [1.54, 1.807) is 42.5 Å². The molecule has 0 saturated heterocycles. The van der Waals surface area contributed by atoms with Crippen molar-refractivity contribution in [1.82, 2.24) is 0 Å². The highest BCUT2D eigenvalue weighted by atomic mass is 35.5. The summed E-state index contributed by atoms with van der Waals surface area (Å²) in [4.78, 5) is 26.1. The van der Waals surface area contributed by atoms with E-state index in [9.17, 15) is 9.59 Å². The van der Waals surface area contributed by atoms with Crippen molar-refractivity contribution >= 4 is 45.7 Å². The highest BCUT2D eigenvalue weighted by Crippen LogP contribution is 2.30. The molecule has 0 aliphatic carbocycles. The second kappa shape index (κ2) is 6.78. The highest BCUT2D eigenvalue weighted by Gasteiger charge is 2.19. The van der Waals surface area contributed by atoms with Gasteiger partial charge in [-0.15, -0.1) is 11.3 Å². The fourth-order valence-electron chi connectivity index (χ4n) is 2.69. The number of fused-ring (bicyclic) bond motifs is 1. The number of anilines is 1. The van der Waals surface area contributed by atoms with E-state index in [2.05, 4.69) is 5.32 Å². The number of hydrogen-bond donors (Lipinski definition) is 1. The lowest BCUT2D eigenvalue weighted by molar-refractivity contribution is 0.102. The van der Waals surface area contributed by atoms with Gasteiger partial charge in [-0.05, 0) is 35.2 Å². The third-order valence-electron chi connectivity index (χ3n) is 3.89. The quantitative estimate of drug-likeness (QED) is 0.515. The molecule has 0 saturated carbocycles. The Kier molecular flexibility index (Phi) is 4.32. The van der Waals surface area contributed by atoms with Gasteiger partial charge in [-0.2, -0.15) is 0 Å². The molecule has 0 unspecified atom stereocenters. The molecule has 0 bridgehead atoms. The lowest BCUT2D eigenvalue weighted by atomic mass is 10.0. The third kappa shape index (κ3) is 3.03. The van der Waals surface area contributed by atoms with Crippen LogP contribution in [-0.4, -0.2) is 5.91 Å². The van der Waals surface area contributed by atoms with Crippen molar-refractivity contribution in [3.05, 3.63) is 86.2 Å². The van der Waals surface area contributed by atoms with Crippen molar-refractivity contribution in [2.45, 2.75) is 0 Å². The Hall–Kier alpha value is -2.89. The molecule has 0 atom stereocenters. The molecular weight excluding hydrogens is 370 g/mol. The second-order valence-electron chi connectivity index (χ2n) is 5.57. The van der Waals surface area contributed by atoms with Gasteiger partial charge in [0.25, 0.3) is 5.91 Å². The highest BCUT2D eigenvalue weighted by molar-refractivity contribution is 7.12. The van der Waals surface area contributed by atoms with Gasteiger partial charge in [-0.1, -0.05) is 48.0 Å². The zero-order valence-corrected chi connectivity index (χ0v) is 14.9. The van der Waals surface area contributed by atoms with E-state index in [0.717, 1.165) is 0 Å². The summed E-state index contributed by atoms with van der Waals surface area (Å²) in [6, 6.07) is 17.4. The molecule has 0 fully saturated rings. The van der Waals surface area contributed by atoms with Gasteiger partial charge >= 0.3 is 0 Å². The van der Waals surface area contributed by atoms with Crippen LogP contribution in [0.15, 0.2) is 75.3 Å². The number of thiophene rings is 1. The summed E-state index contributed by atoms with van der Waals surface area (Å²) >= 11 is 7.34. The Labute approximate surface area is 157 Å². The number of amides is 1. The van der Waals surface area contributed by atoms with E-state index in [-0.39, 0.29) is 17.2 Å². The van der Waals surface area contributed by atoms with Crippen LogP contribution in [0.2, 0.25) is 5.02 Å². The predicted octanol–water partition coefficient (Wildman–Crippen LogP) is 5.43. The SMILES string of the molecule is O=C(Nc1oc2ccc(Cl)cc2c(=O)c1-c1ccccc1)c1cccs1. The molecule has 6 heteroatoms. The van der Waals surface area contributed by atoms with Crippen LogP contribution in [0.3, 0.4) is 0 Å². The maximum atomic E-state index is 13.1. The minimum atomic E-state index is -0.325. The number of benzene rings is 2. The molecular formula is C20H12ClNO3S. The summed E-state index contributed by atoms with van der Waals surface area (Å²) in [6.07, 6.45) is 0. The van der Waals surface area contributed by atoms with Crippen LogP contribution in [0, 0.1) is 0 Å². The van der Waals surface area contributed by atoms with Crippen molar-refractivity contribution < 1.29 is 9.21 Å². The Morgan fingerprint density at radius 1 is 1.04 bits per heavy atom. The summed E-state index contributed by atoms with van der Waals surface area (Å²) < 4.78 is 5.87. The molecule has 2 aromatic heterocycles. The van der Waals surface area contributed by atoms with Crippen molar-refractivity contribution in [2.75, 3.05) is 5.32 Å². The second-order valence-corrected chi connectivity index (χ2v) is 6.96. The van der Waals surface area contributed by atoms with Crippen LogP contribution in [0.25, 0.3) is 22.1 Å². The maximum Gasteiger partial charge on any atom is 0.268 e. The molecule has 1 N–H and O–H groups in total. The molecule has 128 valence electrons. The van der Waals surface area contributed by atoms with Crippen LogP contribution in [0.4, 0.5) is 5.88 Å². The third-order valence-corrected chi connectivity index (χ3v) is 4.99. The van der Waals surface area contributed by atoms with Gasteiger partial charge in [0.05, 0.1) is 15.8 Å². The van der Waals surface area contributed by atoms with Crippen molar-refractivity contribution in [3.63, 3.8) is 0 Å². The van der Waals surface area contributed by atoms with E-state index in [1.807, 2.05) is 23.6 Å². The van der Waals surface area contributed by atoms with Gasteiger partial charge in [-0.3, -0.25) is 14.9 Å². The molecule has 4 aromatic rings. The van der Waals surface area contributed by atoms with E-state index in [0.29, 0.717) is 32.0 Å². The number of rotatable bonds is 3. The van der Waals surface area contributed by atoms with E-state index in [1.165, 1.54) is 11.3 Å². The number of halogens is 1. The topological polar surface area (TPSA) is 59.3 Å². The largest absolute Gasteiger partial charge is 0.439 e. The molecule has 26 heavy (non-hydrogen) atoms. The molecule has 2 aromatic carbocycles. The average Bonchev–Trinajstić information content (AvgIpc) is 3.18. The molecule has 1 amide bonds. The van der Waals surface area contributed by atoms with E-state index >= 15 is 0 Å². The van der Waals surface area contributed by atoms with E-state index in [4.69, 9.17) is 16.0 Å². The average molecular weight is 382 g/mol. The smallest absolute Gasteiger partial charge is 0.268 e. The summed E-state index contributed by atoms with van der Waals surface area (Å²) in [5.74, 6) is -0.205. The van der Waals surface area contributed by atoms with Crippen molar-refractivity contribution in [1.29, 1.82) is 0 Å². The number of carbonyl (C=O) groups is 1. The number of hydrogen-bond acceptors (Lipinski definition) is 4. The van der Waals surface area contributed by atoms with Gasteiger partial charge in [0, 0.05) is 5.02 Å². The van der Waals surface area contributed by atoms with Crippen LogP contribution >= 0.6 is 22.9 Å². The molecule has 0 aliphatic heterocycles. The lowest BCUT2D eigenvalue weighted by Gasteiger charge is -2.11. The van der Waals surface area contributed by atoms with Crippen molar-refractivity contribution in [2.24, 2.45) is 0 Å². The summed E-state index contributed by atoms with van der Waals surface area (Å²) in [7, 11) is 0. The first-order valence-electron chi connectivity index (χ1n) is 7.80. The van der Waals surface area contributed by atoms with Crippen LogP contribution in [-0.2, 0) is 0 Å². The van der Waals surface area contributed by atoms with Crippen LogP contribution in [0.1, 0.15) is 9.67 Å². The van der Waals surface area contributed by atoms with Crippen molar-refractivity contribution in [3.8, 4) is 11.1 Å². The minimum absolute atomic E-state index is 0.120. The van der Waals surface area contributed by atoms with Gasteiger partial charge < -0.3 is 4.42 Å². The molecule has 0 aliphatic rings. The predicted molar refractivity (Wildman–Crippen MR) is 105 cm³/mol. The lowest BCUT2D eigenvalue weighted by Crippen LogP contribution is -2.15. The first kappa shape index (κ1) is 16.6. The van der Waals surface area contributed by atoms with Crippen LogP contribution < -0.4 is 10.7 Å². The number of nitrogens with one attached hydrogen (secondary N) is 1.